The van der Waals surface area contributed by atoms with Crippen LogP contribution in [0, 0.1) is 0 Å². The third kappa shape index (κ3) is 3.49. The number of hydrogen-bond donors (Lipinski definition) is 1. The molecule has 3 rings (SSSR count). The second kappa shape index (κ2) is 6.47. The van der Waals surface area contributed by atoms with Crippen molar-refractivity contribution in [2.24, 2.45) is 0 Å². The minimum atomic E-state index is -0.156. The van der Waals surface area contributed by atoms with Gasteiger partial charge in [-0.15, -0.1) is 0 Å². The fourth-order valence-corrected chi connectivity index (χ4v) is 3.97. The van der Waals surface area contributed by atoms with Crippen molar-refractivity contribution >= 4 is 51.5 Å². The number of halogens is 2. The molecule has 0 saturated carbocycles. The topological polar surface area (TPSA) is 62.3 Å². The first-order chi connectivity index (χ1) is 10.9. The summed E-state index contributed by atoms with van der Waals surface area (Å²) in [4.78, 5) is 30.9. The number of thiazole rings is 1. The number of hydrogen-bond acceptors (Lipinski definition) is 4. The molecule has 0 radical (unpaired) electrons. The second-order valence-electron chi connectivity index (χ2n) is 5.17. The van der Waals surface area contributed by atoms with E-state index in [0.717, 1.165) is 10.6 Å². The zero-order chi connectivity index (χ0) is 16.6. The summed E-state index contributed by atoms with van der Waals surface area (Å²) in [7, 11) is 0. The van der Waals surface area contributed by atoms with E-state index in [1.165, 1.54) is 18.3 Å². The van der Waals surface area contributed by atoms with Crippen molar-refractivity contribution in [2.45, 2.75) is 19.9 Å². The zero-order valence-electron chi connectivity index (χ0n) is 12.2. The van der Waals surface area contributed by atoms with E-state index in [1.807, 2.05) is 0 Å². The lowest BCUT2D eigenvalue weighted by molar-refractivity contribution is -0.114. The lowest BCUT2D eigenvalue weighted by Gasteiger charge is -2.26. The van der Waals surface area contributed by atoms with Crippen LogP contribution in [0.1, 0.15) is 27.9 Å². The molecule has 0 spiro atoms. The largest absolute Gasteiger partial charge is 0.333 e. The Balaban J connectivity index is 1.79. The first-order valence-electron chi connectivity index (χ1n) is 6.94. The first kappa shape index (κ1) is 16.2. The Kier molecular flexibility index (Phi) is 4.57. The average molecular weight is 370 g/mol. The number of amides is 2. The maximum Gasteiger partial charge on any atom is 0.255 e. The highest BCUT2D eigenvalue weighted by molar-refractivity contribution is 7.15. The van der Waals surface area contributed by atoms with E-state index < -0.39 is 0 Å². The Hall–Kier alpha value is -1.63. The third-order valence-corrected chi connectivity index (χ3v) is 5.01. The van der Waals surface area contributed by atoms with Gasteiger partial charge in [-0.3, -0.25) is 9.59 Å². The molecule has 1 aliphatic rings. The molecule has 2 amide bonds. The minimum absolute atomic E-state index is 0.133. The fraction of sp³-hybridized carbons (Fsp3) is 0.267. The molecule has 0 fully saturated rings. The van der Waals surface area contributed by atoms with Gasteiger partial charge in [0.1, 0.15) is 0 Å². The highest BCUT2D eigenvalue weighted by Gasteiger charge is 2.26. The standard InChI is InChI=1S/C15H13Cl2N3O2S/c1-8(21)18-15-19-12-4-5-20(7-13(12)23-15)14(22)10-3-2-9(16)6-11(10)17/h2-3,6H,4-5,7H2,1H3,(H,18,19,21). The van der Waals surface area contributed by atoms with Gasteiger partial charge in [0.25, 0.3) is 5.91 Å². The fourth-order valence-electron chi connectivity index (χ4n) is 2.41. The molecule has 1 N–H and O–H groups in total. The number of anilines is 1. The zero-order valence-corrected chi connectivity index (χ0v) is 14.6. The summed E-state index contributed by atoms with van der Waals surface area (Å²) < 4.78 is 0. The quantitative estimate of drug-likeness (QED) is 0.879. The van der Waals surface area contributed by atoms with Gasteiger partial charge >= 0.3 is 0 Å². The van der Waals surface area contributed by atoms with Crippen molar-refractivity contribution < 1.29 is 9.59 Å². The Bertz CT molecular complexity index is 791. The van der Waals surface area contributed by atoms with E-state index in [-0.39, 0.29) is 11.8 Å². The Labute approximate surface area is 147 Å². The van der Waals surface area contributed by atoms with Crippen LogP contribution >= 0.6 is 34.5 Å². The Morgan fingerprint density at radius 2 is 2.13 bits per heavy atom. The predicted octanol–water partition coefficient (Wildman–Crippen LogP) is 3.61. The summed E-state index contributed by atoms with van der Waals surface area (Å²) >= 11 is 13.4. The van der Waals surface area contributed by atoms with Crippen LogP contribution in [0.5, 0.6) is 0 Å². The maximum atomic E-state index is 12.6. The molecule has 23 heavy (non-hydrogen) atoms. The number of aromatic nitrogens is 1. The number of nitrogens with one attached hydrogen (secondary N) is 1. The van der Waals surface area contributed by atoms with Crippen molar-refractivity contribution in [3.05, 3.63) is 44.4 Å². The highest BCUT2D eigenvalue weighted by Crippen LogP contribution is 2.30. The summed E-state index contributed by atoms with van der Waals surface area (Å²) in [6.45, 7) is 2.47. The lowest BCUT2D eigenvalue weighted by Crippen LogP contribution is -2.35. The number of rotatable bonds is 2. The first-order valence-corrected chi connectivity index (χ1v) is 8.52. The van der Waals surface area contributed by atoms with Gasteiger partial charge in [-0.2, -0.15) is 0 Å². The molecular formula is C15H13Cl2N3O2S. The van der Waals surface area contributed by atoms with Crippen LogP contribution in [0.3, 0.4) is 0 Å². The molecule has 8 heteroatoms. The van der Waals surface area contributed by atoms with Crippen LogP contribution in [0.15, 0.2) is 18.2 Å². The molecule has 1 aromatic carbocycles. The maximum absolute atomic E-state index is 12.6. The van der Waals surface area contributed by atoms with Crippen molar-refractivity contribution in [1.82, 2.24) is 9.88 Å². The molecule has 0 bridgehead atoms. The van der Waals surface area contributed by atoms with Gasteiger partial charge in [-0.05, 0) is 18.2 Å². The number of nitrogens with zero attached hydrogens (tertiary/aromatic N) is 2. The van der Waals surface area contributed by atoms with Crippen molar-refractivity contribution in [3.8, 4) is 0 Å². The van der Waals surface area contributed by atoms with Crippen molar-refractivity contribution in [3.63, 3.8) is 0 Å². The average Bonchev–Trinajstić information content (AvgIpc) is 2.86. The molecule has 5 nitrogen and oxygen atoms in total. The SMILES string of the molecule is CC(=O)Nc1nc2c(s1)CN(C(=O)c1ccc(Cl)cc1Cl)CC2. The van der Waals surface area contributed by atoms with Gasteiger partial charge in [0.15, 0.2) is 5.13 Å². The molecule has 1 aliphatic heterocycles. The smallest absolute Gasteiger partial charge is 0.255 e. The monoisotopic (exact) mass is 369 g/mol. The molecule has 120 valence electrons. The predicted molar refractivity (Wildman–Crippen MR) is 91.3 cm³/mol. The van der Waals surface area contributed by atoms with E-state index in [1.54, 1.807) is 23.1 Å². The summed E-state index contributed by atoms with van der Waals surface area (Å²) in [5.74, 6) is -0.288. The number of carbonyl (C=O) groups excluding carboxylic acids is 2. The Morgan fingerprint density at radius 1 is 1.35 bits per heavy atom. The van der Waals surface area contributed by atoms with Gasteiger partial charge in [0.05, 0.1) is 22.8 Å². The van der Waals surface area contributed by atoms with Crippen LogP contribution < -0.4 is 5.32 Å². The van der Waals surface area contributed by atoms with Gasteiger partial charge in [-0.25, -0.2) is 4.98 Å². The molecule has 2 heterocycles. The molecule has 0 atom stereocenters. The number of benzene rings is 1. The molecule has 1 aromatic heterocycles. The van der Waals surface area contributed by atoms with Gasteiger partial charge in [0.2, 0.25) is 5.91 Å². The van der Waals surface area contributed by atoms with Crippen LogP contribution in [-0.4, -0.2) is 28.2 Å². The lowest BCUT2D eigenvalue weighted by atomic mass is 10.1. The molecule has 0 saturated heterocycles. The normalized spacial score (nSPS) is 13.6. The second-order valence-corrected chi connectivity index (χ2v) is 7.10. The summed E-state index contributed by atoms with van der Waals surface area (Å²) in [5.41, 5.74) is 1.37. The Morgan fingerprint density at radius 3 is 2.83 bits per heavy atom. The highest BCUT2D eigenvalue weighted by atomic mass is 35.5. The van der Waals surface area contributed by atoms with E-state index in [4.69, 9.17) is 23.2 Å². The molecule has 0 unspecified atom stereocenters. The van der Waals surface area contributed by atoms with Gasteiger partial charge in [-0.1, -0.05) is 34.5 Å². The van der Waals surface area contributed by atoms with Gasteiger partial charge < -0.3 is 10.2 Å². The van der Waals surface area contributed by atoms with E-state index in [0.29, 0.717) is 40.3 Å². The number of fused-ring (bicyclic) bond motifs is 1. The van der Waals surface area contributed by atoms with Crippen molar-refractivity contribution in [1.29, 1.82) is 0 Å². The molecular weight excluding hydrogens is 357 g/mol. The minimum Gasteiger partial charge on any atom is -0.333 e. The van der Waals surface area contributed by atoms with Crippen LogP contribution in [0.2, 0.25) is 10.0 Å². The summed E-state index contributed by atoms with van der Waals surface area (Å²) in [6, 6.07) is 4.85. The van der Waals surface area contributed by atoms with E-state index in [9.17, 15) is 9.59 Å². The van der Waals surface area contributed by atoms with Crippen LogP contribution in [0.4, 0.5) is 5.13 Å². The summed E-state index contributed by atoms with van der Waals surface area (Å²) in [6.07, 6.45) is 0.655. The number of carbonyl (C=O) groups is 2. The van der Waals surface area contributed by atoms with E-state index >= 15 is 0 Å². The van der Waals surface area contributed by atoms with Crippen LogP contribution in [-0.2, 0) is 17.8 Å². The van der Waals surface area contributed by atoms with Crippen LogP contribution in [0.25, 0.3) is 0 Å². The molecule has 0 aliphatic carbocycles. The van der Waals surface area contributed by atoms with Gasteiger partial charge in [0, 0.05) is 29.8 Å². The third-order valence-electron chi connectivity index (χ3n) is 3.46. The molecule has 2 aromatic rings. The van der Waals surface area contributed by atoms with Crippen molar-refractivity contribution in [2.75, 3.05) is 11.9 Å². The van der Waals surface area contributed by atoms with E-state index in [2.05, 4.69) is 10.3 Å². The summed E-state index contributed by atoms with van der Waals surface area (Å²) in [5, 5.41) is 4.09.